The van der Waals surface area contributed by atoms with Gasteiger partial charge in [0.15, 0.2) is 5.96 Å². The number of halogens is 3. The van der Waals surface area contributed by atoms with Gasteiger partial charge in [-0.2, -0.15) is 18.3 Å². The minimum atomic E-state index is -4.31. The summed E-state index contributed by atoms with van der Waals surface area (Å²) in [6, 6.07) is 0. The molecule has 1 aromatic heterocycles. The van der Waals surface area contributed by atoms with E-state index in [2.05, 4.69) is 20.1 Å². The van der Waals surface area contributed by atoms with Crippen molar-refractivity contribution in [2.45, 2.75) is 19.5 Å². The van der Waals surface area contributed by atoms with Crippen LogP contribution in [-0.4, -0.2) is 78.7 Å². The van der Waals surface area contributed by atoms with E-state index in [-0.39, 0.29) is 19.1 Å². The molecule has 1 aliphatic rings. The predicted molar refractivity (Wildman–Crippen MR) is 94.6 cm³/mol. The van der Waals surface area contributed by atoms with Crippen LogP contribution in [0.5, 0.6) is 0 Å². The smallest absolute Gasteiger partial charge is 0.372 e. The van der Waals surface area contributed by atoms with E-state index in [9.17, 15) is 18.0 Å². The fraction of sp³-hybridized carbons (Fsp3) is 0.688. The van der Waals surface area contributed by atoms with Crippen molar-refractivity contribution < 1.29 is 22.7 Å². The second-order valence-corrected chi connectivity index (χ2v) is 6.10. The quantitative estimate of drug-likeness (QED) is 0.427. The summed E-state index contributed by atoms with van der Waals surface area (Å²) in [5.74, 6) is 0.515. The lowest BCUT2D eigenvalue weighted by molar-refractivity contribution is -0.173. The molecular weight excluding hydrogens is 365 g/mol. The van der Waals surface area contributed by atoms with Gasteiger partial charge in [-0.15, -0.1) is 0 Å². The molecule has 0 unspecified atom stereocenters. The van der Waals surface area contributed by atoms with Crippen LogP contribution in [0, 0.1) is 0 Å². The van der Waals surface area contributed by atoms with E-state index in [0.717, 1.165) is 5.69 Å². The maximum atomic E-state index is 12.5. The number of carbonyl (C=O) groups excluding carboxylic acids is 1. The zero-order chi connectivity index (χ0) is 19.9. The number of hydrogen-bond donors (Lipinski definition) is 1. The SMILES string of the molecule is CCNC(=NCCCOCC(F)(F)F)N1CCN(c2cnn(C)c2)C(=O)C1. The third-order valence-electron chi connectivity index (χ3n) is 3.83. The largest absolute Gasteiger partial charge is 0.411 e. The van der Waals surface area contributed by atoms with Crippen LogP contribution in [0.25, 0.3) is 0 Å². The second-order valence-electron chi connectivity index (χ2n) is 6.10. The van der Waals surface area contributed by atoms with Gasteiger partial charge in [0.25, 0.3) is 0 Å². The van der Waals surface area contributed by atoms with Crippen LogP contribution in [0.15, 0.2) is 17.4 Å². The van der Waals surface area contributed by atoms with Gasteiger partial charge in [-0.05, 0) is 13.3 Å². The molecule has 1 N–H and O–H groups in total. The Bertz CT molecular complexity index is 646. The Labute approximate surface area is 156 Å². The van der Waals surface area contributed by atoms with Crippen LogP contribution in [0.4, 0.5) is 18.9 Å². The Kier molecular flexibility index (Phi) is 7.45. The van der Waals surface area contributed by atoms with Gasteiger partial charge in [-0.25, -0.2) is 0 Å². The zero-order valence-electron chi connectivity index (χ0n) is 15.5. The van der Waals surface area contributed by atoms with Gasteiger partial charge in [0.2, 0.25) is 5.91 Å². The monoisotopic (exact) mass is 390 g/mol. The fourth-order valence-corrected chi connectivity index (χ4v) is 2.64. The first-order chi connectivity index (χ1) is 12.8. The van der Waals surface area contributed by atoms with Crippen LogP contribution >= 0.6 is 0 Å². The molecule has 1 fully saturated rings. The highest BCUT2D eigenvalue weighted by Gasteiger charge is 2.28. The second kappa shape index (κ2) is 9.58. The Balaban J connectivity index is 1.84. The number of rotatable bonds is 7. The van der Waals surface area contributed by atoms with E-state index in [1.807, 2.05) is 11.8 Å². The van der Waals surface area contributed by atoms with Gasteiger partial charge in [0.05, 0.1) is 11.9 Å². The van der Waals surface area contributed by atoms with Crippen LogP contribution in [0.2, 0.25) is 0 Å². The first-order valence-corrected chi connectivity index (χ1v) is 8.77. The Morgan fingerprint density at radius 1 is 1.41 bits per heavy atom. The van der Waals surface area contributed by atoms with Gasteiger partial charge >= 0.3 is 6.18 Å². The lowest BCUT2D eigenvalue weighted by Crippen LogP contribution is -2.55. The third kappa shape index (κ3) is 6.74. The summed E-state index contributed by atoms with van der Waals surface area (Å²) in [5, 5.41) is 7.20. The number of aromatic nitrogens is 2. The highest BCUT2D eigenvalue weighted by Crippen LogP contribution is 2.16. The predicted octanol–water partition coefficient (Wildman–Crippen LogP) is 1.00. The van der Waals surface area contributed by atoms with E-state index in [1.54, 1.807) is 29.0 Å². The number of carbonyl (C=O) groups is 1. The maximum absolute atomic E-state index is 12.5. The molecule has 2 rings (SSSR count). The van der Waals surface area contributed by atoms with Gasteiger partial charge < -0.3 is 19.9 Å². The first-order valence-electron chi connectivity index (χ1n) is 8.77. The molecule has 0 aromatic carbocycles. The molecule has 0 spiro atoms. The molecule has 1 aliphatic heterocycles. The van der Waals surface area contributed by atoms with Crippen molar-refractivity contribution in [3.8, 4) is 0 Å². The molecule has 0 saturated carbocycles. The standard InChI is InChI=1S/C16H25F3N6O2/c1-3-20-15(21-5-4-8-27-12-16(17,18)19)24-6-7-25(14(26)11-24)13-9-22-23(2)10-13/h9-10H,3-8,11-12H2,1-2H3,(H,20,21). The fourth-order valence-electron chi connectivity index (χ4n) is 2.64. The van der Waals surface area contributed by atoms with Crippen molar-refractivity contribution in [3.05, 3.63) is 12.4 Å². The highest BCUT2D eigenvalue weighted by molar-refractivity contribution is 5.98. The van der Waals surface area contributed by atoms with Crippen LogP contribution in [0.3, 0.4) is 0 Å². The number of nitrogens with one attached hydrogen (secondary N) is 1. The van der Waals surface area contributed by atoms with E-state index in [4.69, 9.17) is 0 Å². The molecule has 0 atom stereocenters. The van der Waals surface area contributed by atoms with Crippen molar-refractivity contribution in [1.82, 2.24) is 20.0 Å². The van der Waals surface area contributed by atoms with Crippen LogP contribution in [0.1, 0.15) is 13.3 Å². The molecule has 0 radical (unpaired) electrons. The summed E-state index contributed by atoms with van der Waals surface area (Å²) in [6.07, 6.45) is -0.511. The molecule has 1 amide bonds. The molecule has 152 valence electrons. The van der Waals surface area contributed by atoms with Gasteiger partial charge in [0, 0.05) is 46.0 Å². The average Bonchev–Trinajstić information content (AvgIpc) is 3.02. The zero-order valence-corrected chi connectivity index (χ0v) is 15.5. The number of nitrogens with zero attached hydrogens (tertiary/aromatic N) is 5. The van der Waals surface area contributed by atoms with E-state index < -0.39 is 12.8 Å². The minimum absolute atomic E-state index is 0.0177. The lowest BCUT2D eigenvalue weighted by atomic mass is 10.3. The summed E-state index contributed by atoms with van der Waals surface area (Å²) in [7, 11) is 1.79. The molecule has 11 heteroatoms. The Morgan fingerprint density at radius 2 is 2.19 bits per heavy atom. The molecular formula is C16H25F3N6O2. The van der Waals surface area contributed by atoms with Crippen LogP contribution < -0.4 is 10.2 Å². The molecule has 2 heterocycles. The number of amides is 1. The Hall–Kier alpha value is -2.30. The van der Waals surface area contributed by atoms with E-state index in [0.29, 0.717) is 38.6 Å². The van der Waals surface area contributed by atoms with Gasteiger partial charge in [0.1, 0.15) is 13.2 Å². The van der Waals surface area contributed by atoms with E-state index >= 15 is 0 Å². The van der Waals surface area contributed by atoms with Crippen molar-refractivity contribution in [2.24, 2.45) is 12.0 Å². The average molecular weight is 390 g/mol. The summed E-state index contributed by atoms with van der Waals surface area (Å²) in [6.45, 7) is 2.86. The molecule has 8 nitrogen and oxygen atoms in total. The molecule has 27 heavy (non-hydrogen) atoms. The number of ether oxygens (including phenoxy) is 1. The Morgan fingerprint density at radius 3 is 2.78 bits per heavy atom. The highest BCUT2D eigenvalue weighted by atomic mass is 19.4. The van der Waals surface area contributed by atoms with Gasteiger partial charge in [-0.1, -0.05) is 0 Å². The summed E-state index contributed by atoms with van der Waals surface area (Å²) in [4.78, 5) is 20.4. The maximum Gasteiger partial charge on any atom is 0.411 e. The topological polar surface area (TPSA) is 75.0 Å². The van der Waals surface area contributed by atoms with Crippen molar-refractivity contribution >= 4 is 17.6 Å². The molecule has 0 aliphatic carbocycles. The number of hydrogen-bond acceptors (Lipinski definition) is 4. The molecule has 1 aromatic rings. The van der Waals surface area contributed by atoms with Gasteiger partial charge in [-0.3, -0.25) is 14.5 Å². The summed E-state index contributed by atoms with van der Waals surface area (Å²) < 4.78 is 42.3. The van der Waals surface area contributed by atoms with Crippen LogP contribution in [-0.2, 0) is 16.6 Å². The number of guanidine groups is 1. The normalized spacial score (nSPS) is 16.2. The third-order valence-corrected chi connectivity index (χ3v) is 3.83. The summed E-state index contributed by atoms with van der Waals surface area (Å²) >= 11 is 0. The lowest BCUT2D eigenvalue weighted by Gasteiger charge is -2.35. The van der Waals surface area contributed by atoms with Crippen molar-refractivity contribution in [2.75, 3.05) is 50.8 Å². The van der Waals surface area contributed by atoms with Crippen molar-refractivity contribution in [3.63, 3.8) is 0 Å². The first kappa shape index (κ1) is 21.0. The minimum Gasteiger partial charge on any atom is -0.372 e. The number of piperazine rings is 1. The van der Waals surface area contributed by atoms with Crippen molar-refractivity contribution in [1.29, 1.82) is 0 Å². The molecule has 1 saturated heterocycles. The van der Waals surface area contributed by atoms with E-state index in [1.165, 1.54) is 0 Å². The molecule has 0 bridgehead atoms. The number of aliphatic imine (C=N–C) groups is 1. The summed E-state index contributed by atoms with van der Waals surface area (Å²) in [5.41, 5.74) is 0.755. The number of aryl methyl sites for hydroxylation is 1. The number of anilines is 1. The number of alkyl halides is 3.